The molecule has 0 aliphatic heterocycles. The van der Waals surface area contributed by atoms with Crippen molar-refractivity contribution in [2.24, 2.45) is 39.9 Å². The number of aliphatic carboxylic acids is 1. The van der Waals surface area contributed by atoms with E-state index in [-0.39, 0.29) is 34.5 Å². The number of ketones is 2. The molecule has 0 saturated heterocycles. The summed E-state index contributed by atoms with van der Waals surface area (Å²) in [4.78, 5) is 37.4. The maximum absolute atomic E-state index is 13.6. The van der Waals surface area contributed by atoms with E-state index in [1.54, 1.807) is 13.0 Å². The quantitative estimate of drug-likeness (QED) is 0.354. The molecule has 4 aliphatic rings. The topological polar surface area (TPSA) is 112 Å². The van der Waals surface area contributed by atoms with Gasteiger partial charge in [-0.2, -0.15) is 0 Å². The number of rotatable bonds is 6. The molecule has 6 heteroatoms. The summed E-state index contributed by atoms with van der Waals surface area (Å²) >= 11 is 0. The second-order valence-corrected chi connectivity index (χ2v) is 13.5. The van der Waals surface area contributed by atoms with Gasteiger partial charge in [0.15, 0.2) is 0 Å². The predicted molar refractivity (Wildman–Crippen MR) is 137 cm³/mol. The van der Waals surface area contributed by atoms with Crippen LogP contribution in [-0.4, -0.2) is 44.1 Å². The highest BCUT2D eigenvalue weighted by molar-refractivity contribution is 5.87. The second-order valence-electron chi connectivity index (χ2n) is 13.5. The van der Waals surface area contributed by atoms with Crippen molar-refractivity contribution in [2.45, 2.75) is 105 Å². The Hall–Kier alpha value is -1.79. The lowest BCUT2D eigenvalue weighted by Crippen LogP contribution is -2.57. The van der Waals surface area contributed by atoms with Crippen LogP contribution in [0, 0.1) is 39.9 Å². The van der Waals surface area contributed by atoms with Crippen molar-refractivity contribution in [1.29, 1.82) is 0 Å². The summed E-state index contributed by atoms with van der Waals surface area (Å²) in [6, 6.07) is 0. The number of hydrogen-bond donors (Lipinski definition) is 3. The van der Waals surface area contributed by atoms with Crippen molar-refractivity contribution in [3.05, 3.63) is 23.3 Å². The molecule has 8 atom stereocenters. The van der Waals surface area contributed by atoms with Crippen LogP contribution in [-0.2, 0) is 14.4 Å². The number of aliphatic hydroxyl groups is 2. The van der Waals surface area contributed by atoms with Gasteiger partial charge in [0.25, 0.3) is 0 Å². The third-order valence-corrected chi connectivity index (χ3v) is 11.3. The lowest BCUT2D eigenvalue weighted by atomic mass is 9.47. The number of fused-ring (bicyclic) bond motifs is 5. The molecule has 0 bridgehead atoms. The van der Waals surface area contributed by atoms with E-state index < -0.39 is 33.9 Å². The first-order valence-corrected chi connectivity index (χ1v) is 13.6. The van der Waals surface area contributed by atoms with Gasteiger partial charge in [0.05, 0.1) is 5.92 Å². The van der Waals surface area contributed by atoms with E-state index in [1.807, 2.05) is 19.9 Å². The van der Waals surface area contributed by atoms with Crippen LogP contribution in [0.4, 0.5) is 0 Å². The summed E-state index contributed by atoms with van der Waals surface area (Å²) in [6.45, 7) is 13.4. The molecule has 0 aromatic rings. The van der Waals surface area contributed by atoms with Crippen molar-refractivity contribution < 1.29 is 29.7 Å². The van der Waals surface area contributed by atoms with Crippen molar-refractivity contribution >= 4 is 17.5 Å². The number of carboxylic acid groups (broad SMARTS) is 1. The average Bonchev–Trinajstić information content (AvgIpc) is 3.12. The Bertz CT molecular complexity index is 1050. The van der Waals surface area contributed by atoms with Gasteiger partial charge < -0.3 is 15.3 Å². The molecule has 0 aromatic heterocycles. The Labute approximate surface area is 215 Å². The minimum absolute atomic E-state index is 0.0634. The summed E-state index contributed by atoms with van der Waals surface area (Å²) in [5.41, 5.74) is -2.99. The Kier molecular flexibility index (Phi) is 6.33. The summed E-state index contributed by atoms with van der Waals surface area (Å²) in [5, 5.41) is 33.1. The van der Waals surface area contributed by atoms with Crippen LogP contribution in [0.5, 0.6) is 0 Å². The first kappa shape index (κ1) is 27.3. The zero-order chi connectivity index (χ0) is 27.1. The molecule has 0 heterocycles. The summed E-state index contributed by atoms with van der Waals surface area (Å²) in [6.07, 6.45) is 7.96. The second kappa shape index (κ2) is 8.36. The highest BCUT2D eigenvalue weighted by Crippen LogP contribution is 2.72. The van der Waals surface area contributed by atoms with Crippen molar-refractivity contribution in [1.82, 2.24) is 0 Å². The van der Waals surface area contributed by atoms with Gasteiger partial charge in [-0.15, -0.1) is 0 Å². The molecule has 0 amide bonds. The maximum atomic E-state index is 13.6. The fraction of sp³-hybridized carbons (Fsp3) is 0.767. The smallest absolute Gasteiger partial charge is 0.330 e. The van der Waals surface area contributed by atoms with E-state index >= 15 is 0 Å². The Balaban J connectivity index is 1.63. The van der Waals surface area contributed by atoms with Crippen LogP contribution in [0.1, 0.15) is 93.4 Å². The van der Waals surface area contributed by atoms with E-state index in [4.69, 9.17) is 5.11 Å². The van der Waals surface area contributed by atoms with Gasteiger partial charge >= 0.3 is 5.97 Å². The van der Waals surface area contributed by atoms with Gasteiger partial charge in [0.2, 0.25) is 0 Å². The maximum Gasteiger partial charge on any atom is 0.330 e. The van der Waals surface area contributed by atoms with Gasteiger partial charge in [-0.05, 0) is 75.7 Å². The molecule has 4 rings (SSSR count). The SMILES string of the molecule is C/C(=C/CC[C@@H](C)C(=O)[C@@H]1C[C@@]2(C)[C@@H]3CC[C@H]4C(C)(C)C(=O)CC[C@]4(C)C3=C[C@@]2(O)[C@]1(C)O)C(=O)O. The lowest BCUT2D eigenvalue weighted by molar-refractivity contribution is -0.160. The zero-order valence-corrected chi connectivity index (χ0v) is 23.0. The molecule has 200 valence electrons. The van der Waals surface area contributed by atoms with E-state index in [2.05, 4.69) is 20.8 Å². The van der Waals surface area contributed by atoms with Crippen LogP contribution >= 0.6 is 0 Å². The molecule has 36 heavy (non-hydrogen) atoms. The largest absolute Gasteiger partial charge is 0.478 e. The molecule has 6 nitrogen and oxygen atoms in total. The van der Waals surface area contributed by atoms with Crippen molar-refractivity contribution in [3.63, 3.8) is 0 Å². The van der Waals surface area contributed by atoms with Crippen LogP contribution in [0.25, 0.3) is 0 Å². The van der Waals surface area contributed by atoms with E-state index in [0.29, 0.717) is 31.5 Å². The fourth-order valence-electron chi connectivity index (χ4n) is 8.77. The summed E-state index contributed by atoms with van der Waals surface area (Å²) < 4.78 is 0. The third kappa shape index (κ3) is 3.46. The van der Waals surface area contributed by atoms with Crippen LogP contribution in [0.3, 0.4) is 0 Å². The van der Waals surface area contributed by atoms with Gasteiger partial charge in [0, 0.05) is 28.7 Å². The first-order valence-electron chi connectivity index (χ1n) is 13.6. The van der Waals surface area contributed by atoms with Crippen molar-refractivity contribution in [2.75, 3.05) is 0 Å². The molecule has 3 saturated carbocycles. The van der Waals surface area contributed by atoms with Gasteiger partial charge in [0.1, 0.15) is 22.8 Å². The first-order chi connectivity index (χ1) is 16.4. The molecule has 3 fully saturated rings. The minimum Gasteiger partial charge on any atom is -0.478 e. The van der Waals surface area contributed by atoms with Crippen molar-refractivity contribution in [3.8, 4) is 0 Å². The molecule has 4 aliphatic carbocycles. The van der Waals surface area contributed by atoms with Crippen LogP contribution in [0.2, 0.25) is 0 Å². The number of Topliss-reactive ketones (excluding diaryl/α,β-unsaturated/α-hetero) is 2. The number of allylic oxidation sites excluding steroid dienone is 2. The monoisotopic (exact) mass is 500 g/mol. The van der Waals surface area contributed by atoms with Crippen LogP contribution in [0.15, 0.2) is 23.3 Å². The van der Waals surface area contributed by atoms with E-state index in [0.717, 1.165) is 19.3 Å². The Morgan fingerprint density at radius 3 is 2.39 bits per heavy atom. The molecular formula is C30H44O6. The Morgan fingerprint density at radius 1 is 1.14 bits per heavy atom. The fourth-order valence-corrected chi connectivity index (χ4v) is 8.77. The number of carbonyl (C=O) groups excluding carboxylic acids is 2. The lowest BCUT2D eigenvalue weighted by Gasteiger charge is -2.56. The number of carbonyl (C=O) groups is 3. The van der Waals surface area contributed by atoms with Gasteiger partial charge in [-0.3, -0.25) is 9.59 Å². The molecule has 0 spiro atoms. The molecular weight excluding hydrogens is 456 g/mol. The van der Waals surface area contributed by atoms with Gasteiger partial charge in [-0.1, -0.05) is 46.3 Å². The molecule has 3 N–H and O–H groups in total. The summed E-state index contributed by atoms with van der Waals surface area (Å²) in [7, 11) is 0. The average molecular weight is 501 g/mol. The summed E-state index contributed by atoms with van der Waals surface area (Å²) in [5.74, 6) is -1.51. The molecule has 0 unspecified atom stereocenters. The standard InChI is InChI=1S/C30H44O6/c1-17(9-8-10-18(2)25(33)34)24(32)21-15-28(6)19-11-12-22-26(3,4)23(31)13-14-27(22,5)20(19)16-30(28,36)29(21,7)35/h10,16-17,19,21-22,35-36H,8-9,11-15H2,1-7H3,(H,33,34)/b18-10-/t17-,19-,21+,22+,27-,28+,29-,30+/m1/s1. The van der Waals surface area contributed by atoms with Crippen LogP contribution < -0.4 is 0 Å². The Morgan fingerprint density at radius 2 is 1.78 bits per heavy atom. The third-order valence-electron chi connectivity index (χ3n) is 11.3. The van der Waals surface area contributed by atoms with E-state index in [1.165, 1.54) is 12.5 Å². The minimum atomic E-state index is -1.61. The van der Waals surface area contributed by atoms with E-state index in [9.17, 15) is 24.6 Å². The number of carboxylic acids is 1. The number of hydrogen-bond acceptors (Lipinski definition) is 5. The normalized spacial score (nSPS) is 44.4. The highest BCUT2D eigenvalue weighted by atomic mass is 16.4. The highest BCUT2D eigenvalue weighted by Gasteiger charge is 2.75. The molecule has 0 aromatic carbocycles. The zero-order valence-electron chi connectivity index (χ0n) is 23.0. The predicted octanol–water partition coefficient (Wildman–Crippen LogP) is 4.87. The molecule has 0 radical (unpaired) electrons. The van der Waals surface area contributed by atoms with Gasteiger partial charge in [-0.25, -0.2) is 4.79 Å².